The Labute approximate surface area is 175 Å². The van der Waals surface area contributed by atoms with Crippen molar-refractivity contribution in [3.05, 3.63) is 23.8 Å². The lowest BCUT2D eigenvalue weighted by molar-refractivity contribution is -0.140. The van der Waals surface area contributed by atoms with Gasteiger partial charge in [0.05, 0.1) is 12.7 Å². The number of hydrogen-bond acceptors (Lipinski definition) is 5. The molecule has 0 aromatic heterocycles. The van der Waals surface area contributed by atoms with Crippen molar-refractivity contribution >= 4 is 17.6 Å². The third-order valence-corrected chi connectivity index (χ3v) is 4.46. The van der Waals surface area contributed by atoms with Crippen LogP contribution >= 0.6 is 0 Å². The Morgan fingerprint density at radius 2 is 1.83 bits per heavy atom. The van der Waals surface area contributed by atoms with Crippen LogP contribution < -0.4 is 10.1 Å². The summed E-state index contributed by atoms with van der Waals surface area (Å²) in [5.41, 5.74) is -0.112. The van der Waals surface area contributed by atoms with Crippen LogP contribution in [0.5, 0.6) is 5.75 Å². The first-order valence-electron chi connectivity index (χ1n) is 10.7. The van der Waals surface area contributed by atoms with Gasteiger partial charge in [0, 0.05) is 12.3 Å². The summed E-state index contributed by atoms with van der Waals surface area (Å²) < 4.78 is 16.8. The van der Waals surface area contributed by atoms with Gasteiger partial charge in [0.2, 0.25) is 0 Å². The van der Waals surface area contributed by atoms with Crippen molar-refractivity contribution in [3.8, 4) is 5.75 Å². The maximum Gasteiger partial charge on any atom is 0.341 e. The summed E-state index contributed by atoms with van der Waals surface area (Å²) >= 11 is 0. The van der Waals surface area contributed by atoms with Gasteiger partial charge < -0.3 is 19.5 Å². The van der Waals surface area contributed by atoms with Gasteiger partial charge in [-0.25, -0.2) is 4.79 Å². The number of nitrogens with one attached hydrogen (secondary N) is 1. The molecule has 1 N–H and O–H groups in total. The molecule has 1 rings (SSSR count). The predicted molar refractivity (Wildman–Crippen MR) is 116 cm³/mol. The molecule has 0 aliphatic rings. The number of unbranched alkanes of at least 4 members (excludes halogenated alkanes) is 2. The molecule has 1 aromatic rings. The topological polar surface area (TPSA) is 73.9 Å². The van der Waals surface area contributed by atoms with Crippen LogP contribution in [0.3, 0.4) is 0 Å². The predicted octanol–water partition coefficient (Wildman–Crippen LogP) is 5.35. The van der Waals surface area contributed by atoms with Crippen LogP contribution in [0.25, 0.3) is 0 Å². The van der Waals surface area contributed by atoms with E-state index in [1.807, 2.05) is 27.7 Å². The zero-order valence-electron chi connectivity index (χ0n) is 18.8. The summed E-state index contributed by atoms with van der Waals surface area (Å²) in [6, 6.07) is 5.01. The standard InChI is InChI=1S/C23H37NO5/c1-7-10-11-14-23(6,28-15-8-2)22(26)24-18-12-13-20(29-17(4)5)19(16-18)21(25)27-9-3/h12-13,16-17H,7-11,14-15H2,1-6H3,(H,24,26)/t23-/m0/s1. The molecule has 1 amide bonds. The van der Waals surface area contributed by atoms with Gasteiger partial charge in [-0.1, -0.05) is 33.1 Å². The molecule has 0 bridgehead atoms. The second-order valence-corrected chi connectivity index (χ2v) is 7.59. The molecule has 0 saturated carbocycles. The minimum absolute atomic E-state index is 0.0899. The number of benzene rings is 1. The third-order valence-electron chi connectivity index (χ3n) is 4.46. The molecule has 0 radical (unpaired) electrons. The fourth-order valence-corrected chi connectivity index (χ4v) is 2.89. The van der Waals surface area contributed by atoms with Crippen molar-refractivity contribution in [2.45, 2.75) is 85.4 Å². The van der Waals surface area contributed by atoms with E-state index < -0.39 is 11.6 Å². The zero-order chi connectivity index (χ0) is 21.9. The highest BCUT2D eigenvalue weighted by atomic mass is 16.5. The van der Waals surface area contributed by atoms with E-state index in [-0.39, 0.29) is 18.6 Å². The lowest BCUT2D eigenvalue weighted by Gasteiger charge is -2.29. The van der Waals surface area contributed by atoms with Crippen molar-refractivity contribution < 1.29 is 23.8 Å². The van der Waals surface area contributed by atoms with E-state index in [9.17, 15) is 9.59 Å². The van der Waals surface area contributed by atoms with Crippen molar-refractivity contribution in [2.24, 2.45) is 0 Å². The first-order chi connectivity index (χ1) is 13.8. The summed E-state index contributed by atoms with van der Waals surface area (Å²) in [7, 11) is 0. The Balaban J connectivity index is 3.07. The zero-order valence-corrected chi connectivity index (χ0v) is 18.8. The second kappa shape index (κ2) is 12.5. The molecule has 6 nitrogen and oxygen atoms in total. The molecule has 6 heteroatoms. The van der Waals surface area contributed by atoms with E-state index in [2.05, 4.69) is 12.2 Å². The Bertz CT molecular complexity index is 659. The van der Waals surface area contributed by atoms with E-state index in [1.54, 1.807) is 25.1 Å². The minimum Gasteiger partial charge on any atom is -0.490 e. The summed E-state index contributed by atoms with van der Waals surface area (Å²) in [6.07, 6.45) is 4.43. The number of carbonyl (C=O) groups is 2. The highest BCUT2D eigenvalue weighted by molar-refractivity contribution is 5.99. The number of carbonyl (C=O) groups excluding carboxylic acids is 2. The minimum atomic E-state index is -0.914. The molecule has 1 atom stereocenters. The van der Waals surface area contributed by atoms with Gasteiger partial charge in [0.25, 0.3) is 5.91 Å². The Hall–Kier alpha value is -2.08. The van der Waals surface area contributed by atoms with E-state index in [4.69, 9.17) is 14.2 Å². The van der Waals surface area contributed by atoms with Crippen LogP contribution in [-0.4, -0.2) is 36.8 Å². The number of anilines is 1. The summed E-state index contributed by atoms with van der Waals surface area (Å²) in [5.74, 6) is -0.258. The maximum absolute atomic E-state index is 13.0. The number of hydrogen-bond donors (Lipinski definition) is 1. The molecule has 0 fully saturated rings. The molecular formula is C23H37NO5. The van der Waals surface area contributed by atoms with Crippen LogP contribution in [0, 0.1) is 0 Å². The second-order valence-electron chi connectivity index (χ2n) is 7.59. The smallest absolute Gasteiger partial charge is 0.341 e. The number of ether oxygens (including phenoxy) is 3. The van der Waals surface area contributed by atoms with Gasteiger partial charge >= 0.3 is 5.97 Å². The maximum atomic E-state index is 13.0. The Kier molecular flexibility index (Phi) is 10.7. The quantitative estimate of drug-likeness (QED) is 0.352. The van der Waals surface area contributed by atoms with Gasteiger partial charge in [0.1, 0.15) is 16.9 Å². The highest BCUT2D eigenvalue weighted by Gasteiger charge is 2.33. The largest absolute Gasteiger partial charge is 0.490 e. The molecule has 0 spiro atoms. The molecule has 0 unspecified atom stereocenters. The van der Waals surface area contributed by atoms with E-state index >= 15 is 0 Å². The third kappa shape index (κ3) is 8.05. The molecule has 0 aliphatic carbocycles. The molecule has 0 heterocycles. The Morgan fingerprint density at radius 3 is 2.41 bits per heavy atom. The monoisotopic (exact) mass is 407 g/mol. The van der Waals surface area contributed by atoms with E-state index in [0.29, 0.717) is 30.0 Å². The normalized spacial score (nSPS) is 13.1. The van der Waals surface area contributed by atoms with Crippen LogP contribution in [0.2, 0.25) is 0 Å². The van der Waals surface area contributed by atoms with E-state index in [1.165, 1.54) is 0 Å². The molecule has 29 heavy (non-hydrogen) atoms. The van der Waals surface area contributed by atoms with Crippen molar-refractivity contribution in [1.29, 1.82) is 0 Å². The molecule has 164 valence electrons. The van der Waals surface area contributed by atoms with Crippen molar-refractivity contribution in [1.82, 2.24) is 0 Å². The van der Waals surface area contributed by atoms with E-state index in [0.717, 1.165) is 25.7 Å². The molecule has 0 saturated heterocycles. The number of amides is 1. The summed E-state index contributed by atoms with van der Waals surface area (Å²) in [5, 5.41) is 2.91. The molecule has 0 aliphatic heterocycles. The fraction of sp³-hybridized carbons (Fsp3) is 0.652. The average Bonchev–Trinajstić information content (AvgIpc) is 2.67. The van der Waals surface area contributed by atoms with Crippen molar-refractivity contribution in [2.75, 3.05) is 18.5 Å². The summed E-state index contributed by atoms with van der Waals surface area (Å²) in [4.78, 5) is 25.4. The van der Waals surface area contributed by atoms with Crippen LogP contribution in [0.1, 0.15) is 84.0 Å². The van der Waals surface area contributed by atoms with Crippen LogP contribution in [0.15, 0.2) is 18.2 Å². The first kappa shape index (κ1) is 25.0. The van der Waals surface area contributed by atoms with Crippen LogP contribution in [-0.2, 0) is 14.3 Å². The molecular weight excluding hydrogens is 370 g/mol. The molecule has 1 aromatic carbocycles. The lowest BCUT2D eigenvalue weighted by Crippen LogP contribution is -2.43. The fourth-order valence-electron chi connectivity index (χ4n) is 2.89. The average molecular weight is 408 g/mol. The van der Waals surface area contributed by atoms with Gasteiger partial charge in [0.15, 0.2) is 0 Å². The first-order valence-corrected chi connectivity index (χ1v) is 10.7. The number of rotatable bonds is 13. The summed E-state index contributed by atoms with van der Waals surface area (Å²) in [6.45, 7) is 12.3. The number of esters is 1. The van der Waals surface area contributed by atoms with Crippen molar-refractivity contribution in [3.63, 3.8) is 0 Å². The van der Waals surface area contributed by atoms with Gasteiger partial charge in [-0.2, -0.15) is 0 Å². The van der Waals surface area contributed by atoms with Crippen LogP contribution in [0.4, 0.5) is 5.69 Å². The SMILES string of the molecule is CCCCC[C@](C)(OCCC)C(=O)Nc1ccc(OC(C)C)c(C(=O)OCC)c1. The highest BCUT2D eigenvalue weighted by Crippen LogP contribution is 2.27. The van der Waals surface area contributed by atoms with Gasteiger partial charge in [-0.05, 0) is 58.7 Å². The van der Waals surface area contributed by atoms with Gasteiger partial charge in [-0.15, -0.1) is 0 Å². The van der Waals surface area contributed by atoms with Gasteiger partial charge in [-0.3, -0.25) is 4.79 Å². The lowest BCUT2D eigenvalue weighted by atomic mass is 9.96. The Morgan fingerprint density at radius 1 is 1.10 bits per heavy atom.